The van der Waals surface area contributed by atoms with E-state index in [0.717, 1.165) is 45.2 Å². The number of unbranched alkanes of at least 4 members (excludes halogenated alkanes) is 1. The predicted octanol–water partition coefficient (Wildman–Crippen LogP) is 2.50. The number of rotatable bonds is 7. The van der Waals surface area contributed by atoms with Gasteiger partial charge in [-0.2, -0.15) is 0 Å². The van der Waals surface area contributed by atoms with E-state index in [1.165, 1.54) is 18.5 Å². The number of guanidine groups is 1. The molecule has 0 spiro atoms. The first-order chi connectivity index (χ1) is 12.1. The molecule has 0 aromatic heterocycles. The SMILES string of the molecule is CN=C(NCCCCN(C)C(C)C)N1CCN(c2ccccc2)CC1. The third kappa shape index (κ3) is 6.24. The number of hydrogen-bond donors (Lipinski definition) is 1. The molecule has 0 atom stereocenters. The molecule has 5 nitrogen and oxygen atoms in total. The van der Waals surface area contributed by atoms with Gasteiger partial charge < -0.3 is 20.0 Å². The molecule has 0 amide bonds. The third-order valence-corrected chi connectivity index (χ3v) is 5.01. The Balaban J connectivity index is 1.68. The minimum Gasteiger partial charge on any atom is -0.368 e. The minimum absolute atomic E-state index is 0.627. The van der Waals surface area contributed by atoms with Gasteiger partial charge >= 0.3 is 0 Å². The molecule has 1 N–H and O–H groups in total. The summed E-state index contributed by atoms with van der Waals surface area (Å²) in [5, 5.41) is 3.54. The summed E-state index contributed by atoms with van der Waals surface area (Å²) >= 11 is 0. The van der Waals surface area contributed by atoms with Gasteiger partial charge in [0.05, 0.1) is 0 Å². The van der Waals surface area contributed by atoms with Gasteiger partial charge in [0.1, 0.15) is 0 Å². The van der Waals surface area contributed by atoms with Crippen LogP contribution in [0.25, 0.3) is 0 Å². The fourth-order valence-electron chi connectivity index (χ4n) is 3.09. The number of aliphatic imine (C=N–C) groups is 1. The van der Waals surface area contributed by atoms with E-state index >= 15 is 0 Å². The van der Waals surface area contributed by atoms with Crippen LogP contribution in [-0.4, -0.2) is 75.2 Å². The summed E-state index contributed by atoms with van der Waals surface area (Å²) in [7, 11) is 4.09. The number of nitrogens with zero attached hydrogens (tertiary/aromatic N) is 4. The molecule has 0 unspecified atom stereocenters. The quantitative estimate of drug-likeness (QED) is 0.468. The molecular weight excluding hydrogens is 310 g/mol. The van der Waals surface area contributed by atoms with E-state index in [1.54, 1.807) is 0 Å². The molecule has 1 saturated heterocycles. The topological polar surface area (TPSA) is 34.1 Å². The number of nitrogens with one attached hydrogen (secondary N) is 1. The lowest BCUT2D eigenvalue weighted by molar-refractivity contribution is 0.268. The number of benzene rings is 1. The van der Waals surface area contributed by atoms with Crippen molar-refractivity contribution in [1.29, 1.82) is 0 Å². The van der Waals surface area contributed by atoms with E-state index in [0.29, 0.717) is 6.04 Å². The number of para-hydroxylation sites is 1. The van der Waals surface area contributed by atoms with Gasteiger partial charge in [0.25, 0.3) is 0 Å². The van der Waals surface area contributed by atoms with Crippen LogP contribution in [0.1, 0.15) is 26.7 Å². The molecule has 0 radical (unpaired) electrons. The Labute approximate surface area is 153 Å². The molecule has 1 aromatic rings. The molecule has 1 aliphatic rings. The van der Waals surface area contributed by atoms with Crippen LogP contribution < -0.4 is 10.2 Å². The van der Waals surface area contributed by atoms with Crippen molar-refractivity contribution in [3.8, 4) is 0 Å². The third-order valence-electron chi connectivity index (χ3n) is 5.01. The van der Waals surface area contributed by atoms with Crippen molar-refractivity contribution in [2.45, 2.75) is 32.7 Å². The van der Waals surface area contributed by atoms with E-state index in [4.69, 9.17) is 0 Å². The van der Waals surface area contributed by atoms with Gasteiger partial charge in [-0.3, -0.25) is 4.99 Å². The van der Waals surface area contributed by atoms with Crippen molar-refractivity contribution in [2.75, 3.05) is 58.3 Å². The maximum Gasteiger partial charge on any atom is 0.193 e. The normalized spacial score (nSPS) is 16.0. The van der Waals surface area contributed by atoms with Crippen LogP contribution in [0, 0.1) is 0 Å². The highest BCUT2D eigenvalue weighted by Crippen LogP contribution is 2.15. The van der Waals surface area contributed by atoms with E-state index in [-0.39, 0.29) is 0 Å². The summed E-state index contributed by atoms with van der Waals surface area (Å²) in [6.45, 7) is 10.8. The summed E-state index contributed by atoms with van der Waals surface area (Å²) in [5.74, 6) is 1.05. The summed E-state index contributed by atoms with van der Waals surface area (Å²) in [5.41, 5.74) is 1.32. The summed E-state index contributed by atoms with van der Waals surface area (Å²) < 4.78 is 0. The van der Waals surface area contributed by atoms with Crippen LogP contribution in [0.3, 0.4) is 0 Å². The second kappa shape index (κ2) is 10.3. The predicted molar refractivity (Wildman–Crippen MR) is 109 cm³/mol. The first-order valence-corrected chi connectivity index (χ1v) is 9.57. The van der Waals surface area contributed by atoms with Crippen molar-refractivity contribution in [3.05, 3.63) is 30.3 Å². The average molecular weight is 346 g/mol. The fraction of sp³-hybridized carbons (Fsp3) is 0.650. The molecule has 1 heterocycles. The molecule has 0 saturated carbocycles. The van der Waals surface area contributed by atoms with Gasteiger partial charge in [-0.1, -0.05) is 18.2 Å². The van der Waals surface area contributed by atoms with Crippen molar-refractivity contribution < 1.29 is 0 Å². The van der Waals surface area contributed by atoms with Crippen LogP contribution in [0.2, 0.25) is 0 Å². The van der Waals surface area contributed by atoms with Gasteiger partial charge in [-0.15, -0.1) is 0 Å². The summed E-state index contributed by atoms with van der Waals surface area (Å²) in [6.07, 6.45) is 2.40. The molecule has 5 heteroatoms. The van der Waals surface area contributed by atoms with E-state index in [9.17, 15) is 0 Å². The number of piperazine rings is 1. The van der Waals surface area contributed by atoms with Gasteiger partial charge in [-0.05, 0) is 52.4 Å². The zero-order valence-electron chi connectivity index (χ0n) is 16.4. The van der Waals surface area contributed by atoms with Gasteiger partial charge in [0.15, 0.2) is 5.96 Å². The Hall–Kier alpha value is -1.75. The smallest absolute Gasteiger partial charge is 0.193 e. The van der Waals surface area contributed by atoms with Crippen molar-refractivity contribution in [3.63, 3.8) is 0 Å². The van der Waals surface area contributed by atoms with Crippen LogP contribution in [0.5, 0.6) is 0 Å². The van der Waals surface area contributed by atoms with Gasteiger partial charge in [0.2, 0.25) is 0 Å². The van der Waals surface area contributed by atoms with Crippen molar-refractivity contribution in [1.82, 2.24) is 15.1 Å². The minimum atomic E-state index is 0.627. The molecular formula is C20H35N5. The Morgan fingerprint density at radius 3 is 2.40 bits per heavy atom. The lowest BCUT2D eigenvalue weighted by atomic mass is 10.2. The van der Waals surface area contributed by atoms with Crippen molar-refractivity contribution >= 4 is 11.6 Å². The second-order valence-corrected chi connectivity index (χ2v) is 7.07. The van der Waals surface area contributed by atoms with Crippen molar-refractivity contribution in [2.24, 2.45) is 4.99 Å². The van der Waals surface area contributed by atoms with Gasteiger partial charge in [0, 0.05) is 51.5 Å². The Bertz CT molecular complexity index is 506. The van der Waals surface area contributed by atoms with Crippen LogP contribution >= 0.6 is 0 Å². The zero-order chi connectivity index (χ0) is 18.1. The van der Waals surface area contributed by atoms with E-state index < -0.39 is 0 Å². The molecule has 0 bridgehead atoms. The molecule has 1 aliphatic heterocycles. The average Bonchev–Trinajstić information content (AvgIpc) is 2.65. The van der Waals surface area contributed by atoms with E-state index in [2.05, 4.69) is 76.2 Å². The highest BCUT2D eigenvalue weighted by atomic mass is 15.3. The Morgan fingerprint density at radius 2 is 1.80 bits per heavy atom. The largest absolute Gasteiger partial charge is 0.368 e. The molecule has 0 aliphatic carbocycles. The van der Waals surface area contributed by atoms with Gasteiger partial charge in [-0.25, -0.2) is 0 Å². The van der Waals surface area contributed by atoms with Crippen LogP contribution in [0.15, 0.2) is 35.3 Å². The number of anilines is 1. The lowest BCUT2D eigenvalue weighted by Gasteiger charge is -2.37. The summed E-state index contributed by atoms with van der Waals surface area (Å²) in [4.78, 5) is 11.7. The zero-order valence-corrected chi connectivity index (χ0v) is 16.4. The lowest BCUT2D eigenvalue weighted by Crippen LogP contribution is -2.52. The van der Waals surface area contributed by atoms with E-state index in [1.807, 2.05) is 7.05 Å². The first-order valence-electron chi connectivity index (χ1n) is 9.57. The highest BCUT2D eigenvalue weighted by Gasteiger charge is 2.19. The second-order valence-electron chi connectivity index (χ2n) is 7.07. The maximum absolute atomic E-state index is 4.47. The first kappa shape index (κ1) is 19.6. The standard InChI is InChI=1S/C20H35N5/c1-18(2)23(4)13-9-8-12-22-20(21-3)25-16-14-24(15-17-25)19-10-6-5-7-11-19/h5-7,10-11,18H,8-9,12-17H2,1-4H3,(H,21,22). The van der Waals surface area contributed by atoms with Crippen LogP contribution in [0.4, 0.5) is 5.69 Å². The molecule has 25 heavy (non-hydrogen) atoms. The Kier molecular flexibility index (Phi) is 8.06. The molecule has 1 aromatic carbocycles. The molecule has 140 valence electrons. The fourth-order valence-corrected chi connectivity index (χ4v) is 3.09. The highest BCUT2D eigenvalue weighted by molar-refractivity contribution is 5.80. The molecule has 1 fully saturated rings. The monoisotopic (exact) mass is 345 g/mol. The molecule has 2 rings (SSSR count). The van der Waals surface area contributed by atoms with Crippen LogP contribution in [-0.2, 0) is 0 Å². The summed E-state index contributed by atoms with van der Waals surface area (Å²) in [6, 6.07) is 11.3. The maximum atomic E-state index is 4.47. The number of hydrogen-bond acceptors (Lipinski definition) is 3. The Morgan fingerprint density at radius 1 is 1.12 bits per heavy atom.